The molecule has 3 heterocycles. The molecule has 1 aromatic heterocycles. The molecule has 4 aromatic rings. The highest BCUT2D eigenvalue weighted by atomic mass is 16.6. The number of aromatic nitrogens is 1. The topological polar surface area (TPSA) is 175 Å². The maximum absolute atomic E-state index is 13.0. The molecule has 0 bridgehead atoms. The van der Waals surface area contributed by atoms with Crippen LogP contribution in [-0.4, -0.2) is 143 Å². The van der Waals surface area contributed by atoms with Crippen molar-refractivity contribution in [3.05, 3.63) is 83.9 Å². The van der Waals surface area contributed by atoms with Crippen LogP contribution in [0.1, 0.15) is 11.1 Å². The van der Waals surface area contributed by atoms with Crippen LogP contribution in [0.15, 0.2) is 77.8 Å². The second-order valence-electron chi connectivity index (χ2n) is 12.6. The second kappa shape index (κ2) is 15.2. The summed E-state index contributed by atoms with van der Waals surface area (Å²) in [5.41, 5.74) is 3.95. The molecule has 2 fully saturated rings. The summed E-state index contributed by atoms with van der Waals surface area (Å²) in [5, 5.41) is 52.6. The highest BCUT2D eigenvalue weighted by Gasteiger charge is 2.40. The highest BCUT2D eigenvalue weighted by molar-refractivity contribution is 6.60. The molecule has 0 unspecified atom stereocenters. The SMILES string of the molecule is CN1CCN(CC(=O)N(C)c2ccc(N=C(c3ccccc3)c3c(O)[nH]c4cc(B(O)O[C@@H]5CO[C@H](CO)[C@@H](O)[C@@H]5O)ccc34)cc2)CC1. The molecule has 2 aliphatic rings. The standard InChI is InChI=1S/C35H42BN5O8/c1-39-14-16-41(17-15-39)19-30(43)40(2)25-11-9-24(10-12-25)37-32(22-6-4-3-5-7-22)31-26-13-8-23(18-27(26)38-35(31)46)36(47)49-29-21-48-28(20-42)33(44)34(29)45/h3-13,18,28-29,33-34,38,42,44-47H,14-17,19-21H2,1-2H3/t28-,29-,33-,34-/m1/s1. The van der Waals surface area contributed by atoms with Gasteiger partial charge in [-0.1, -0.05) is 42.5 Å². The molecule has 49 heavy (non-hydrogen) atoms. The molecule has 2 aliphatic heterocycles. The maximum atomic E-state index is 13.0. The highest BCUT2D eigenvalue weighted by Crippen LogP contribution is 2.32. The summed E-state index contributed by atoms with van der Waals surface area (Å²) in [6.45, 7) is 3.38. The van der Waals surface area contributed by atoms with E-state index < -0.39 is 38.1 Å². The van der Waals surface area contributed by atoms with Gasteiger partial charge >= 0.3 is 7.12 Å². The number of aliphatic hydroxyl groups is 3. The van der Waals surface area contributed by atoms with Crippen LogP contribution in [0, 0.1) is 0 Å². The van der Waals surface area contributed by atoms with E-state index in [2.05, 4.69) is 21.8 Å². The minimum Gasteiger partial charge on any atom is -0.494 e. The van der Waals surface area contributed by atoms with Crippen molar-refractivity contribution in [1.82, 2.24) is 14.8 Å². The predicted octanol–water partition coefficient (Wildman–Crippen LogP) is 0.438. The third-order valence-corrected chi connectivity index (χ3v) is 9.25. The molecule has 2 saturated heterocycles. The van der Waals surface area contributed by atoms with E-state index in [1.54, 1.807) is 30.1 Å². The molecule has 4 atom stereocenters. The van der Waals surface area contributed by atoms with Crippen LogP contribution < -0.4 is 10.4 Å². The fraction of sp³-hybridized carbons (Fsp3) is 0.371. The van der Waals surface area contributed by atoms with Gasteiger partial charge in [0.1, 0.15) is 18.3 Å². The smallest absolute Gasteiger partial charge is 0.491 e. The molecule has 6 rings (SSSR count). The number of piperazine rings is 1. The minimum atomic E-state index is -1.48. The molecule has 6 N–H and O–H groups in total. The lowest BCUT2D eigenvalue weighted by molar-refractivity contribution is -0.191. The van der Waals surface area contributed by atoms with Crippen molar-refractivity contribution >= 4 is 46.5 Å². The minimum absolute atomic E-state index is 0.0144. The van der Waals surface area contributed by atoms with Gasteiger partial charge < -0.3 is 49.6 Å². The Balaban J connectivity index is 1.23. The van der Waals surface area contributed by atoms with Crippen molar-refractivity contribution in [3.63, 3.8) is 0 Å². The van der Waals surface area contributed by atoms with E-state index in [1.165, 1.54) is 0 Å². The zero-order valence-corrected chi connectivity index (χ0v) is 27.5. The summed E-state index contributed by atoms with van der Waals surface area (Å²) in [5.74, 6) is -0.106. The average Bonchev–Trinajstić information content (AvgIpc) is 3.45. The number of aliphatic imine (C=N–C) groups is 1. The number of carbonyl (C=O) groups excluding carboxylic acids is 1. The van der Waals surface area contributed by atoms with E-state index in [0.717, 1.165) is 37.4 Å². The first-order valence-electron chi connectivity index (χ1n) is 16.3. The third kappa shape index (κ3) is 7.72. The molecule has 258 valence electrons. The number of benzene rings is 3. The van der Waals surface area contributed by atoms with Crippen LogP contribution in [0.25, 0.3) is 10.9 Å². The average molecular weight is 672 g/mol. The number of nitrogens with zero attached hydrogens (tertiary/aromatic N) is 4. The monoisotopic (exact) mass is 671 g/mol. The van der Waals surface area contributed by atoms with Crippen molar-refractivity contribution in [1.29, 1.82) is 0 Å². The molecular weight excluding hydrogens is 629 g/mol. The number of carbonyl (C=O) groups is 1. The normalized spacial score (nSPS) is 22.4. The molecule has 1 amide bonds. The Kier molecular flexibility index (Phi) is 10.8. The van der Waals surface area contributed by atoms with E-state index in [1.807, 2.05) is 54.6 Å². The van der Waals surface area contributed by atoms with Crippen LogP contribution >= 0.6 is 0 Å². The van der Waals surface area contributed by atoms with Gasteiger partial charge in [-0.2, -0.15) is 0 Å². The van der Waals surface area contributed by atoms with E-state index in [-0.39, 0.29) is 18.4 Å². The summed E-state index contributed by atoms with van der Waals surface area (Å²) in [4.78, 5) is 27.0. The Morgan fingerprint density at radius 2 is 1.76 bits per heavy atom. The number of hydrogen-bond donors (Lipinski definition) is 6. The third-order valence-electron chi connectivity index (χ3n) is 9.25. The zero-order valence-electron chi connectivity index (χ0n) is 27.5. The van der Waals surface area contributed by atoms with Crippen LogP contribution in [0.5, 0.6) is 5.88 Å². The Labute approximate surface area is 284 Å². The van der Waals surface area contributed by atoms with Crippen LogP contribution in [-0.2, 0) is 14.2 Å². The lowest BCUT2D eigenvalue weighted by atomic mass is 9.78. The van der Waals surface area contributed by atoms with Gasteiger partial charge in [-0.3, -0.25) is 9.69 Å². The largest absolute Gasteiger partial charge is 0.494 e. The number of anilines is 1. The van der Waals surface area contributed by atoms with E-state index in [0.29, 0.717) is 39.9 Å². The number of likely N-dealkylation sites (N-methyl/N-ethyl adjacent to an activating group) is 2. The fourth-order valence-electron chi connectivity index (χ4n) is 6.16. The zero-order chi connectivity index (χ0) is 34.7. The van der Waals surface area contributed by atoms with Crippen molar-refractivity contribution in [2.24, 2.45) is 4.99 Å². The van der Waals surface area contributed by atoms with Gasteiger partial charge in [-0.25, -0.2) is 4.99 Å². The quantitative estimate of drug-likeness (QED) is 0.103. The number of hydrogen-bond acceptors (Lipinski definition) is 11. The van der Waals surface area contributed by atoms with Gasteiger partial charge in [0.2, 0.25) is 5.91 Å². The van der Waals surface area contributed by atoms with Gasteiger partial charge in [0.15, 0.2) is 5.88 Å². The molecule has 0 saturated carbocycles. The first-order valence-corrected chi connectivity index (χ1v) is 16.3. The van der Waals surface area contributed by atoms with E-state index in [4.69, 9.17) is 14.4 Å². The molecule has 0 aliphatic carbocycles. The molecule has 14 heteroatoms. The summed E-state index contributed by atoms with van der Waals surface area (Å²) in [6, 6.07) is 21.8. The van der Waals surface area contributed by atoms with Crippen molar-refractivity contribution in [2.45, 2.75) is 24.4 Å². The maximum Gasteiger partial charge on any atom is 0.491 e. The molecule has 0 radical (unpaired) electrons. The Morgan fingerprint density at radius 1 is 1.04 bits per heavy atom. The first kappa shape index (κ1) is 34.7. The number of nitrogens with one attached hydrogen (secondary N) is 1. The molecule has 13 nitrogen and oxygen atoms in total. The summed E-state index contributed by atoms with van der Waals surface area (Å²) < 4.78 is 11.0. The van der Waals surface area contributed by atoms with Gasteiger partial charge in [0, 0.05) is 55.4 Å². The molecule has 3 aromatic carbocycles. The Morgan fingerprint density at radius 3 is 2.45 bits per heavy atom. The number of aromatic amines is 1. The number of ether oxygens (including phenoxy) is 1. The second-order valence-corrected chi connectivity index (χ2v) is 12.6. The Hall–Kier alpha value is -4.12. The van der Waals surface area contributed by atoms with E-state index >= 15 is 0 Å². The number of H-pyrrole nitrogens is 1. The lowest BCUT2D eigenvalue weighted by Crippen LogP contribution is -2.57. The van der Waals surface area contributed by atoms with Gasteiger partial charge in [-0.15, -0.1) is 0 Å². The van der Waals surface area contributed by atoms with Crippen LogP contribution in [0.3, 0.4) is 0 Å². The lowest BCUT2D eigenvalue weighted by Gasteiger charge is -2.37. The number of aromatic hydroxyl groups is 1. The van der Waals surface area contributed by atoms with Crippen molar-refractivity contribution < 1.29 is 39.6 Å². The Bertz CT molecular complexity index is 1760. The summed E-state index contributed by atoms with van der Waals surface area (Å²) in [6.07, 6.45) is -4.71. The van der Waals surface area contributed by atoms with E-state index in [9.17, 15) is 30.2 Å². The number of rotatable bonds is 10. The summed E-state index contributed by atoms with van der Waals surface area (Å²) >= 11 is 0. The number of fused-ring (bicyclic) bond motifs is 1. The number of aliphatic hydroxyl groups excluding tert-OH is 3. The van der Waals surface area contributed by atoms with Crippen LogP contribution in [0.2, 0.25) is 0 Å². The fourth-order valence-corrected chi connectivity index (χ4v) is 6.16. The first-order chi connectivity index (χ1) is 23.6. The van der Waals surface area contributed by atoms with Crippen LogP contribution in [0.4, 0.5) is 11.4 Å². The summed E-state index contributed by atoms with van der Waals surface area (Å²) in [7, 11) is 2.38. The van der Waals surface area contributed by atoms with Gasteiger partial charge in [-0.05, 0) is 42.8 Å². The predicted molar refractivity (Wildman–Crippen MR) is 187 cm³/mol. The molecular formula is C35H42BN5O8. The van der Waals surface area contributed by atoms with Crippen molar-refractivity contribution in [3.8, 4) is 5.88 Å². The van der Waals surface area contributed by atoms with Gasteiger partial charge in [0.25, 0.3) is 0 Å². The molecule has 0 spiro atoms. The van der Waals surface area contributed by atoms with Crippen molar-refractivity contribution in [2.75, 3.05) is 64.9 Å². The number of amides is 1. The van der Waals surface area contributed by atoms with Gasteiger partial charge in [0.05, 0.1) is 42.8 Å².